The van der Waals surface area contributed by atoms with Crippen LogP contribution in [0.4, 0.5) is 0 Å². The van der Waals surface area contributed by atoms with Crippen LogP contribution in [0, 0.1) is 0 Å². The fourth-order valence-corrected chi connectivity index (χ4v) is 3.17. The van der Waals surface area contributed by atoms with E-state index in [4.69, 9.17) is 8.85 Å². The van der Waals surface area contributed by atoms with Gasteiger partial charge in [0.25, 0.3) is 0 Å². The molecule has 0 amide bonds. The van der Waals surface area contributed by atoms with E-state index in [2.05, 4.69) is 38.1 Å². The van der Waals surface area contributed by atoms with Gasteiger partial charge in [0.05, 0.1) is 0 Å². The summed E-state index contributed by atoms with van der Waals surface area (Å²) in [6, 6.07) is 11.4. The van der Waals surface area contributed by atoms with Gasteiger partial charge in [0.1, 0.15) is 0 Å². The average Bonchev–Trinajstić information content (AvgIpc) is 2.40. The molecule has 1 aromatic rings. The molecule has 0 N–H and O–H groups in total. The molecule has 0 atom stereocenters. The van der Waals surface area contributed by atoms with E-state index in [1.54, 1.807) is 0 Å². The van der Waals surface area contributed by atoms with E-state index >= 15 is 0 Å². The first-order valence-electron chi connectivity index (χ1n) is 7.02. The van der Waals surface area contributed by atoms with Gasteiger partial charge in [0, 0.05) is 19.3 Å². The lowest BCUT2D eigenvalue weighted by atomic mass is 10.2. The highest BCUT2D eigenvalue weighted by atomic mass is 28.3. The van der Waals surface area contributed by atoms with Gasteiger partial charge < -0.3 is 8.85 Å². The smallest absolute Gasteiger partial charge is 0.389 e. The van der Waals surface area contributed by atoms with Crippen molar-refractivity contribution in [2.45, 2.75) is 45.6 Å². The lowest BCUT2D eigenvalue weighted by Crippen LogP contribution is -2.27. The predicted molar refractivity (Wildman–Crippen MR) is 77.6 cm³/mol. The Morgan fingerprint density at radius 1 is 0.889 bits per heavy atom. The second-order valence-corrected chi connectivity index (χ2v) is 6.11. The van der Waals surface area contributed by atoms with Gasteiger partial charge in [-0.2, -0.15) is 0 Å². The van der Waals surface area contributed by atoms with Gasteiger partial charge in [0.15, 0.2) is 0 Å². The van der Waals surface area contributed by atoms with Crippen LogP contribution in [0.15, 0.2) is 30.3 Å². The van der Waals surface area contributed by atoms with Crippen molar-refractivity contribution in [2.75, 3.05) is 13.2 Å². The summed E-state index contributed by atoms with van der Waals surface area (Å²) in [5, 5.41) is 0. The average molecular weight is 265 g/mol. The maximum atomic E-state index is 5.91. The van der Waals surface area contributed by atoms with Crippen LogP contribution in [0.1, 0.15) is 45.1 Å². The molecule has 2 nitrogen and oxygen atoms in total. The molecule has 0 aromatic heterocycles. The van der Waals surface area contributed by atoms with E-state index in [9.17, 15) is 0 Å². The quantitative estimate of drug-likeness (QED) is 0.472. The van der Waals surface area contributed by atoms with Gasteiger partial charge in [-0.05, 0) is 18.4 Å². The molecule has 0 spiro atoms. The van der Waals surface area contributed by atoms with Gasteiger partial charge in [-0.1, -0.05) is 57.0 Å². The highest BCUT2D eigenvalue weighted by Gasteiger charge is 2.16. The van der Waals surface area contributed by atoms with E-state index in [1.165, 1.54) is 18.4 Å². The zero-order valence-corrected chi connectivity index (χ0v) is 12.7. The molecule has 0 aliphatic heterocycles. The molecule has 0 aliphatic rings. The second-order valence-electron chi connectivity index (χ2n) is 4.44. The number of unbranched alkanes of at least 4 members (excludes halogenated alkanes) is 2. The molecule has 0 aliphatic carbocycles. The van der Waals surface area contributed by atoms with Crippen LogP contribution in [0.2, 0.25) is 0 Å². The van der Waals surface area contributed by atoms with Gasteiger partial charge in [-0.15, -0.1) is 0 Å². The van der Waals surface area contributed by atoms with E-state index in [0.717, 1.165) is 32.1 Å². The van der Waals surface area contributed by atoms with Crippen molar-refractivity contribution in [2.24, 2.45) is 0 Å². The first-order valence-corrected chi connectivity index (χ1v) is 8.54. The Balaban J connectivity index is 2.37. The molecular formula is C15H25O2Si. The SMILES string of the molecule is CCCCO[Si](Cc1ccccc1)OCCCC. The van der Waals surface area contributed by atoms with Crippen molar-refractivity contribution in [3.8, 4) is 0 Å². The first-order chi connectivity index (χ1) is 8.86. The Morgan fingerprint density at radius 3 is 1.94 bits per heavy atom. The van der Waals surface area contributed by atoms with Crippen LogP contribution < -0.4 is 0 Å². The van der Waals surface area contributed by atoms with Crippen molar-refractivity contribution in [1.82, 2.24) is 0 Å². The fourth-order valence-electron chi connectivity index (χ4n) is 1.57. The molecule has 1 radical (unpaired) electrons. The Hall–Kier alpha value is -0.643. The first kappa shape index (κ1) is 15.4. The third kappa shape index (κ3) is 6.94. The largest absolute Gasteiger partial charge is 0.393 e. The molecule has 0 unspecified atom stereocenters. The summed E-state index contributed by atoms with van der Waals surface area (Å²) in [6.07, 6.45) is 4.60. The van der Waals surface area contributed by atoms with Crippen LogP contribution >= 0.6 is 0 Å². The van der Waals surface area contributed by atoms with Gasteiger partial charge in [-0.25, -0.2) is 0 Å². The molecule has 101 valence electrons. The van der Waals surface area contributed by atoms with Gasteiger partial charge in [0.2, 0.25) is 0 Å². The fraction of sp³-hybridized carbons (Fsp3) is 0.600. The Labute approximate surface area is 113 Å². The van der Waals surface area contributed by atoms with Gasteiger partial charge in [-0.3, -0.25) is 0 Å². The Morgan fingerprint density at radius 2 is 1.44 bits per heavy atom. The molecule has 0 saturated heterocycles. The molecule has 1 rings (SSSR count). The molecule has 18 heavy (non-hydrogen) atoms. The minimum absolute atomic E-state index is 0.837. The number of benzene rings is 1. The molecule has 3 heteroatoms. The highest BCUT2D eigenvalue weighted by Crippen LogP contribution is 2.06. The normalized spacial score (nSPS) is 11.1. The van der Waals surface area contributed by atoms with Crippen molar-refractivity contribution < 1.29 is 8.85 Å². The van der Waals surface area contributed by atoms with Crippen LogP contribution in [-0.2, 0) is 14.9 Å². The summed E-state index contributed by atoms with van der Waals surface area (Å²) < 4.78 is 11.8. The Bertz CT molecular complexity index is 280. The summed E-state index contributed by atoms with van der Waals surface area (Å²) in [6.45, 7) is 6.04. The number of rotatable bonds is 10. The molecule has 0 bridgehead atoms. The maximum absolute atomic E-state index is 5.91. The standard InChI is InChI=1S/C15H25O2Si/c1-3-5-12-16-18(17-13-6-4-2)14-15-10-8-7-9-11-15/h7-11H,3-6,12-14H2,1-2H3. The molecule has 1 aromatic carbocycles. The summed E-state index contributed by atoms with van der Waals surface area (Å²) in [4.78, 5) is 0. The Kier molecular flexibility index (Phi) is 8.82. The summed E-state index contributed by atoms with van der Waals surface area (Å²) >= 11 is 0. The maximum Gasteiger partial charge on any atom is 0.389 e. The number of hydrogen-bond donors (Lipinski definition) is 0. The van der Waals surface area contributed by atoms with Crippen LogP contribution in [0.3, 0.4) is 0 Å². The monoisotopic (exact) mass is 265 g/mol. The lowest BCUT2D eigenvalue weighted by Gasteiger charge is -2.15. The molecule has 0 heterocycles. The minimum Gasteiger partial charge on any atom is -0.393 e. The van der Waals surface area contributed by atoms with Crippen LogP contribution in [0.5, 0.6) is 0 Å². The summed E-state index contributed by atoms with van der Waals surface area (Å²) in [5.74, 6) is 0. The third-order valence-electron chi connectivity index (χ3n) is 2.71. The van der Waals surface area contributed by atoms with Crippen molar-refractivity contribution in [3.63, 3.8) is 0 Å². The van der Waals surface area contributed by atoms with Crippen molar-refractivity contribution in [3.05, 3.63) is 35.9 Å². The second kappa shape index (κ2) is 10.3. The zero-order valence-electron chi connectivity index (χ0n) is 11.7. The lowest BCUT2D eigenvalue weighted by molar-refractivity contribution is 0.191. The van der Waals surface area contributed by atoms with E-state index < -0.39 is 9.28 Å². The van der Waals surface area contributed by atoms with Gasteiger partial charge >= 0.3 is 9.28 Å². The predicted octanol–water partition coefficient (Wildman–Crippen LogP) is 3.89. The van der Waals surface area contributed by atoms with E-state index in [1.807, 2.05) is 6.07 Å². The minimum atomic E-state index is -1.14. The topological polar surface area (TPSA) is 18.5 Å². The van der Waals surface area contributed by atoms with Crippen LogP contribution in [0.25, 0.3) is 0 Å². The zero-order chi connectivity index (χ0) is 13.1. The van der Waals surface area contributed by atoms with Crippen molar-refractivity contribution in [1.29, 1.82) is 0 Å². The number of hydrogen-bond acceptors (Lipinski definition) is 2. The molecule has 0 saturated carbocycles. The van der Waals surface area contributed by atoms with Crippen molar-refractivity contribution >= 4 is 9.28 Å². The van der Waals surface area contributed by atoms with E-state index in [-0.39, 0.29) is 0 Å². The molecule has 0 fully saturated rings. The summed E-state index contributed by atoms with van der Waals surface area (Å²) in [7, 11) is -1.14. The third-order valence-corrected chi connectivity index (χ3v) is 4.46. The van der Waals surface area contributed by atoms with Crippen LogP contribution in [-0.4, -0.2) is 22.5 Å². The highest BCUT2D eigenvalue weighted by molar-refractivity contribution is 6.43. The van der Waals surface area contributed by atoms with E-state index in [0.29, 0.717) is 0 Å². The summed E-state index contributed by atoms with van der Waals surface area (Å²) in [5.41, 5.74) is 1.32. The molecular weight excluding hydrogens is 240 g/mol.